The monoisotopic (exact) mass is 240 g/mol. The van der Waals surface area contributed by atoms with E-state index in [1.165, 1.54) is 11.8 Å². The van der Waals surface area contributed by atoms with E-state index in [0.29, 0.717) is 17.9 Å². The largest absolute Gasteiger partial charge is 0.494 e. The summed E-state index contributed by atoms with van der Waals surface area (Å²) < 4.78 is 4.49. The second-order valence-corrected chi connectivity index (χ2v) is 4.70. The fourth-order valence-corrected chi connectivity index (χ4v) is 2.02. The maximum absolute atomic E-state index is 11.3. The third kappa shape index (κ3) is 2.32. The SMILES string of the molecule is CCOc1ccccc1C(C)(SC)C(=O)O. The lowest BCUT2D eigenvalue weighted by Gasteiger charge is -2.25. The molecule has 3 nitrogen and oxygen atoms in total. The molecule has 16 heavy (non-hydrogen) atoms. The number of carboxylic acid groups (broad SMARTS) is 1. The van der Waals surface area contributed by atoms with Crippen molar-refractivity contribution in [3.63, 3.8) is 0 Å². The van der Waals surface area contributed by atoms with Gasteiger partial charge in [0.15, 0.2) is 0 Å². The first-order valence-corrected chi connectivity index (χ1v) is 6.29. The van der Waals surface area contributed by atoms with Crippen molar-refractivity contribution >= 4 is 17.7 Å². The molecule has 88 valence electrons. The molecule has 0 aliphatic carbocycles. The Labute approximate surface area is 99.8 Å². The number of carboxylic acids is 1. The molecule has 1 aromatic rings. The molecule has 0 saturated carbocycles. The average molecular weight is 240 g/mol. The van der Waals surface area contributed by atoms with Crippen LogP contribution in [0.4, 0.5) is 0 Å². The first kappa shape index (κ1) is 12.9. The normalized spacial score (nSPS) is 14.2. The number of benzene rings is 1. The molecule has 0 radical (unpaired) electrons. The summed E-state index contributed by atoms with van der Waals surface area (Å²) in [4.78, 5) is 11.3. The molecule has 0 aliphatic rings. The van der Waals surface area contributed by atoms with Gasteiger partial charge < -0.3 is 9.84 Å². The molecule has 1 atom stereocenters. The maximum Gasteiger partial charge on any atom is 0.324 e. The number of carbonyl (C=O) groups is 1. The summed E-state index contributed by atoms with van der Waals surface area (Å²) in [6.45, 7) is 4.10. The lowest BCUT2D eigenvalue weighted by Crippen LogP contribution is -2.28. The van der Waals surface area contributed by atoms with Crippen LogP contribution in [0.5, 0.6) is 5.75 Å². The second-order valence-electron chi connectivity index (χ2n) is 3.47. The molecule has 1 rings (SSSR count). The van der Waals surface area contributed by atoms with E-state index in [0.717, 1.165) is 0 Å². The van der Waals surface area contributed by atoms with Gasteiger partial charge in [-0.2, -0.15) is 0 Å². The van der Waals surface area contributed by atoms with E-state index in [-0.39, 0.29) is 0 Å². The lowest BCUT2D eigenvalue weighted by molar-refractivity contribution is -0.139. The van der Waals surface area contributed by atoms with Crippen molar-refractivity contribution in [1.29, 1.82) is 0 Å². The lowest BCUT2D eigenvalue weighted by atomic mass is 9.99. The van der Waals surface area contributed by atoms with E-state index < -0.39 is 10.7 Å². The van der Waals surface area contributed by atoms with Crippen molar-refractivity contribution in [2.45, 2.75) is 18.6 Å². The molecule has 4 heteroatoms. The van der Waals surface area contributed by atoms with E-state index in [1.807, 2.05) is 19.1 Å². The maximum atomic E-state index is 11.3. The van der Waals surface area contributed by atoms with Crippen LogP contribution in [0.2, 0.25) is 0 Å². The highest BCUT2D eigenvalue weighted by molar-refractivity contribution is 8.00. The van der Waals surface area contributed by atoms with Crippen molar-refractivity contribution in [3.05, 3.63) is 29.8 Å². The third-order valence-corrected chi connectivity index (χ3v) is 3.73. The summed E-state index contributed by atoms with van der Waals surface area (Å²) in [5, 5.41) is 9.30. The van der Waals surface area contributed by atoms with E-state index in [4.69, 9.17) is 4.74 Å². The van der Waals surface area contributed by atoms with Crippen LogP contribution >= 0.6 is 11.8 Å². The molecule has 0 aromatic heterocycles. The highest BCUT2D eigenvalue weighted by atomic mass is 32.2. The molecule has 0 aliphatic heterocycles. The molecule has 1 unspecified atom stereocenters. The summed E-state index contributed by atoms with van der Waals surface area (Å²) in [7, 11) is 0. The quantitative estimate of drug-likeness (QED) is 0.859. The standard InChI is InChI=1S/C12H16O3S/c1-4-15-10-8-6-5-7-9(10)12(2,16-3)11(13)14/h5-8H,4H2,1-3H3,(H,13,14). The fraction of sp³-hybridized carbons (Fsp3) is 0.417. The number of aliphatic carboxylic acids is 1. The summed E-state index contributed by atoms with van der Waals surface area (Å²) in [6.07, 6.45) is 1.79. The molecular formula is C12H16O3S. The second kappa shape index (κ2) is 5.25. The first-order chi connectivity index (χ1) is 7.56. The van der Waals surface area contributed by atoms with Crippen molar-refractivity contribution < 1.29 is 14.6 Å². The summed E-state index contributed by atoms with van der Waals surface area (Å²) >= 11 is 1.29. The van der Waals surface area contributed by atoms with Crippen LogP contribution in [0.3, 0.4) is 0 Å². The number of hydrogen-bond acceptors (Lipinski definition) is 3. The number of thioether (sulfide) groups is 1. The van der Waals surface area contributed by atoms with Gasteiger partial charge in [0, 0.05) is 5.56 Å². The Morgan fingerprint density at radius 2 is 2.12 bits per heavy atom. The topological polar surface area (TPSA) is 46.5 Å². The van der Waals surface area contributed by atoms with Gasteiger partial charge in [-0.3, -0.25) is 4.79 Å². The van der Waals surface area contributed by atoms with Gasteiger partial charge in [-0.15, -0.1) is 11.8 Å². The molecule has 0 spiro atoms. The van der Waals surface area contributed by atoms with Gasteiger partial charge in [-0.05, 0) is 26.2 Å². The minimum absolute atomic E-state index is 0.529. The van der Waals surface area contributed by atoms with Crippen molar-refractivity contribution in [2.75, 3.05) is 12.9 Å². The summed E-state index contributed by atoms with van der Waals surface area (Å²) in [5.41, 5.74) is 0.705. The molecule has 0 fully saturated rings. The van der Waals surface area contributed by atoms with Crippen molar-refractivity contribution in [3.8, 4) is 5.75 Å². The third-order valence-electron chi connectivity index (χ3n) is 2.52. The van der Waals surface area contributed by atoms with Crippen LogP contribution in [-0.4, -0.2) is 23.9 Å². The molecule has 1 N–H and O–H groups in total. The van der Waals surface area contributed by atoms with Crippen LogP contribution in [0.1, 0.15) is 19.4 Å². The van der Waals surface area contributed by atoms with E-state index in [1.54, 1.807) is 25.3 Å². The molecule has 1 aromatic carbocycles. The predicted molar refractivity (Wildman–Crippen MR) is 66.1 cm³/mol. The summed E-state index contributed by atoms with van der Waals surface area (Å²) in [5.74, 6) is -0.212. The molecule has 0 saturated heterocycles. The van der Waals surface area contributed by atoms with Gasteiger partial charge in [0.05, 0.1) is 6.61 Å². The number of ether oxygens (including phenoxy) is 1. The Balaban J connectivity index is 3.24. The first-order valence-electron chi connectivity index (χ1n) is 5.07. The Morgan fingerprint density at radius 1 is 1.50 bits per heavy atom. The molecule has 0 heterocycles. The minimum Gasteiger partial charge on any atom is -0.494 e. The van der Waals surface area contributed by atoms with Gasteiger partial charge in [-0.25, -0.2) is 0 Å². The zero-order chi connectivity index (χ0) is 12.2. The Kier molecular flexibility index (Phi) is 4.24. The van der Waals surface area contributed by atoms with Gasteiger partial charge in [0.2, 0.25) is 0 Å². The zero-order valence-electron chi connectivity index (χ0n) is 9.69. The smallest absolute Gasteiger partial charge is 0.324 e. The Bertz CT molecular complexity index is 378. The molecule has 0 amide bonds. The van der Waals surface area contributed by atoms with Crippen LogP contribution < -0.4 is 4.74 Å². The summed E-state index contributed by atoms with van der Waals surface area (Å²) in [6, 6.07) is 7.28. The van der Waals surface area contributed by atoms with Crippen molar-refractivity contribution in [1.82, 2.24) is 0 Å². The van der Waals surface area contributed by atoms with Crippen molar-refractivity contribution in [2.24, 2.45) is 0 Å². The van der Waals surface area contributed by atoms with Crippen LogP contribution in [-0.2, 0) is 9.54 Å². The van der Waals surface area contributed by atoms with Gasteiger partial charge in [-0.1, -0.05) is 18.2 Å². The minimum atomic E-state index is -0.967. The number of para-hydroxylation sites is 1. The molecule has 0 bridgehead atoms. The highest BCUT2D eigenvalue weighted by Gasteiger charge is 2.36. The van der Waals surface area contributed by atoms with E-state index in [9.17, 15) is 9.90 Å². The van der Waals surface area contributed by atoms with Crippen LogP contribution in [0, 0.1) is 0 Å². The average Bonchev–Trinajstić information content (AvgIpc) is 2.29. The number of hydrogen-bond donors (Lipinski definition) is 1. The Hall–Kier alpha value is -1.16. The predicted octanol–water partition coefficient (Wildman–Crippen LogP) is 2.75. The molecular weight excluding hydrogens is 224 g/mol. The van der Waals surface area contributed by atoms with E-state index >= 15 is 0 Å². The van der Waals surface area contributed by atoms with E-state index in [2.05, 4.69) is 0 Å². The Morgan fingerprint density at radius 3 is 2.62 bits per heavy atom. The highest BCUT2D eigenvalue weighted by Crippen LogP contribution is 2.39. The zero-order valence-corrected chi connectivity index (χ0v) is 10.5. The van der Waals surface area contributed by atoms with Gasteiger partial charge in [0.1, 0.15) is 10.5 Å². The van der Waals surface area contributed by atoms with Gasteiger partial charge in [0.25, 0.3) is 0 Å². The fourth-order valence-electron chi connectivity index (χ4n) is 1.45. The number of rotatable bonds is 5. The van der Waals surface area contributed by atoms with Crippen LogP contribution in [0.25, 0.3) is 0 Å². The van der Waals surface area contributed by atoms with Crippen LogP contribution in [0.15, 0.2) is 24.3 Å². The van der Waals surface area contributed by atoms with Gasteiger partial charge >= 0.3 is 5.97 Å².